The predicted molar refractivity (Wildman–Crippen MR) is 74.1 cm³/mol. The molecule has 0 aliphatic carbocycles. The van der Waals surface area contributed by atoms with E-state index in [2.05, 4.69) is 10.1 Å². The van der Waals surface area contributed by atoms with Gasteiger partial charge in [-0.25, -0.2) is 9.50 Å². The molecule has 2 N–H and O–H groups in total. The molecular formula is C12H11ClN4S. The molecular weight excluding hydrogens is 268 g/mol. The molecule has 18 heavy (non-hydrogen) atoms. The third kappa shape index (κ3) is 2.01. The smallest absolute Gasteiger partial charge is 0.212 e. The third-order valence-corrected chi connectivity index (χ3v) is 3.70. The summed E-state index contributed by atoms with van der Waals surface area (Å²) >= 11 is 7.47. The molecule has 0 spiro atoms. The normalized spacial score (nSPS) is 11.2. The number of nitrogens with zero attached hydrogens (tertiary/aromatic N) is 3. The maximum absolute atomic E-state index is 5.89. The van der Waals surface area contributed by atoms with Gasteiger partial charge in [0.25, 0.3) is 0 Å². The molecule has 0 saturated carbocycles. The standard InChI is InChI=1S/C12H11ClN4S/c13-9-3-1-8(2-4-9)10-7-18-12-15-11(5-6-14)16-17(10)12/h1-4,7H,5-6,14H2. The van der Waals surface area contributed by atoms with Gasteiger partial charge >= 0.3 is 0 Å². The van der Waals surface area contributed by atoms with Crippen molar-refractivity contribution < 1.29 is 0 Å². The minimum atomic E-state index is 0.564. The maximum Gasteiger partial charge on any atom is 0.212 e. The Morgan fingerprint density at radius 1 is 1.28 bits per heavy atom. The molecule has 3 rings (SSSR count). The molecule has 0 atom stereocenters. The Balaban J connectivity index is 2.08. The number of rotatable bonds is 3. The molecule has 2 aromatic heterocycles. The molecule has 0 aliphatic rings. The Labute approximate surface area is 113 Å². The van der Waals surface area contributed by atoms with E-state index in [1.54, 1.807) is 11.3 Å². The van der Waals surface area contributed by atoms with Crippen LogP contribution in [0, 0.1) is 0 Å². The fourth-order valence-corrected chi connectivity index (χ4v) is 2.75. The van der Waals surface area contributed by atoms with Crippen LogP contribution < -0.4 is 5.73 Å². The molecule has 1 aromatic carbocycles. The highest BCUT2D eigenvalue weighted by Gasteiger charge is 2.10. The van der Waals surface area contributed by atoms with Gasteiger partial charge in [-0.2, -0.15) is 0 Å². The summed E-state index contributed by atoms with van der Waals surface area (Å²) in [5, 5.41) is 7.24. The number of aromatic nitrogens is 3. The van der Waals surface area contributed by atoms with E-state index in [9.17, 15) is 0 Å². The van der Waals surface area contributed by atoms with Crippen LogP contribution in [-0.2, 0) is 6.42 Å². The van der Waals surface area contributed by atoms with Crippen LogP contribution in [0.25, 0.3) is 16.2 Å². The van der Waals surface area contributed by atoms with Crippen LogP contribution in [0.5, 0.6) is 0 Å². The topological polar surface area (TPSA) is 56.2 Å². The Hall–Kier alpha value is -1.43. The van der Waals surface area contributed by atoms with E-state index in [-0.39, 0.29) is 0 Å². The van der Waals surface area contributed by atoms with E-state index in [0.29, 0.717) is 13.0 Å². The Morgan fingerprint density at radius 3 is 2.78 bits per heavy atom. The summed E-state index contributed by atoms with van der Waals surface area (Å²) in [6, 6.07) is 7.71. The van der Waals surface area contributed by atoms with Crippen LogP contribution in [0.3, 0.4) is 0 Å². The number of thiazole rings is 1. The van der Waals surface area contributed by atoms with Crippen molar-refractivity contribution in [1.82, 2.24) is 14.6 Å². The van der Waals surface area contributed by atoms with Crippen molar-refractivity contribution >= 4 is 27.9 Å². The molecule has 0 unspecified atom stereocenters. The SMILES string of the molecule is NCCc1nc2scc(-c3ccc(Cl)cc3)n2n1. The Bertz CT molecular complexity index is 671. The lowest BCUT2D eigenvalue weighted by atomic mass is 10.2. The van der Waals surface area contributed by atoms with Crippen molar-refractivity contribution in [2.24, 2.45) is 5.73 Å². The lowest BCUT2D eigenvalue weighted by Gasteiger charge is -1.98. The molecule has 0 amide bonds. The second kappa shape index (κ2) is 4.68. The van der Waals surface area contributed by atoms with Crippen LogP contribution in [0.15, 0.2) is 29.6 Å². The van der Waals surface area contributed by atoms with Gasteiger partial charge in [-0.1, -0.05) is 23.7 Å². The zero-order valence-electron chi connectivity index (χ0n) is 9.51. The number of nitrogens with two attached hydrogens (primary N) is 1. The van der Waals surface area contributed by atoms with E-state index < -0.39 is 0 Å². The van der Waals surface area contributed by atoms with Crippen LogP contribution in [0.1, 0.15) is 5.82 Å². The van der Waals surface area contributed by atoms with Crippen LogP contribution >= 0.6 is 22.9 Å². The molecule has 0 fully saturated rings. The minimum absolute atomic E-state index is 0.564. The first-order valence-electron chi connectivity index (χ1n) is 5.57. The molecule has 0 bridgehead atoms. The largest absolute Gasteiger partial charge is 0.330 e. The number of fused-ring (bicyclic) bond motifs is 1. The van der Waals surface area contributed by atoms with Crippen molar-refractivity contribution in [1.29, 1.82) is 0 Å². The average Bonchev–Trinajstić information content (AvgIpc) is 2.90. The van der Waals surface area contributed by atoms with Gasteiger partial charge in [0.05, 0.1) is 5.69 Å². The highest BCUT2D eigenvalue weighted by Crippen LogP contribution is 2.26. The molecule has 6 heteroatoms. The monoisotopic (exact) mass is 278 g/mol. The summed E-state index contributed by atoms with van der Waals surface area (Å²) in [6.45, 7) is 0.564. The lowest BCUT2D eigenvalue weighted by Crippen LogP contribution is -2.04. The van der Waals surface area contributed by atoms with Crippen LogP contribution in [0.4, 0.5) is 0 Å². The Kier molecular flexibility index (Phi) is 3.03. The van der Waals surface area contributed by atoms with Gasteiger partial charge in [0.2, 0.25) is 4.96 Å². The van der Waals surface area contributed by atoms with Gasteiger partial charge in [-0.05, 0) is 18.7 Å². The summed E-state index contributed by atoms with van der Waals surface area (Å²) in [5.41, 5.74) is 7.63. The van der Waals surface area contributed by atoms with Gasteiger partial charge in [-0.15, -0.1) is 16.4 Å². The number of benzene rings is 1. The highest BCUT2D eigenvalue weighted by atomic mass is 35.5. The van der Waals surface area contributed by atoms with Crippen molar-refractivity contribution in [3.05, 3.63) is 40.5 Å². The molecule has 2 heterocycles. The average molecular weight is 279 g/mol. The zero-order valence-corrected chi connectivity index (χ0v) is 11.1. The van der Waals surface area contributed by atoms with Crippen molar-refractivity contribution in [2.45, 2.75) is 6.42 Å². The Morgan fingerprint density at radius 2 is 2.06 bits per heavy atom. The molecule has 3 aromatic rings. The molecule has 0 saturated heterocycles. The minimum Gasteiger partial charge on any atom is -0.330 e. The van der Waals surface area contributed by atoms with Crippen LogP contribution in [0.2, 0.25) is 5.02 Å². The molecule has 4 nitrogen and oxygen atoms in total. The van der Waals surface area contributed by atoms with Gasteiger partial charge < -0.3 is 5.73 Å². The summed E-state index contributed by atoms with van der Waals surface area (Å²) < 4.78 is 1.86. The first-order chi connectivity index (χ1) is 8.78. The van der Waals surface area contributed by atoms with Gasteiger partial charge in [0, 0.05) is 22.4 Å². The van der Waals surface area contributed by atoms with E-state index in [4.69, 9.17) is 17.3 Å². The summed E-state index contributed by atoms with van der Waals surface area (Å²) in [7, 11) is 0. The van der Waals surface area contributed by atoms with Crippen molar-refractivity contribution in [2.75, 3.05) is 6.54 Å². The van der Waals surface area contributed by atoms with Gasteiger partial charge in [-0.3, -0.25) is 0 Å². The van der Waals surface area contributed by atoms with Gasteiger partial charge in [0.1, 0.15) is 0 Å². The molecule has 92 valence electrons. The number of halogens is 1. The maximum atomic E-state index is 5.89. The third-order valence-electron chi connectivity index (χ3n) is 2.63. The quantitative estimate of drug-likeness (QED) is 0.801. The second-order valence-corrected chi connectivity index (χ2v) is 5.16. The predicted octanol–water partition coefficient (Wildman–Crippen LogP) is 2.61. The zero-order chi connectivity index (χ0) is 12.5. The van der Waals surface area contributed by atoms with Crippen molar-refractivity contribution in [3.8, 4) is 11.3 Å². The van der Waals surface area contributed by atoms with E-state index >= 15 is 0 Å². The summed E-state index contributed by atoms with van der Waals surface area (Å²) in [4.78, 5) is 5.32. The number of hydrogen-bond acceptors (Lipinski definition) is 4. The van der Waals surface area contributed by atoms with Gasteiger partial charge in [0.15, 0.2) is 5.82 Å². The fraction of sp³-hybridized carbons (Fsp3) is 0.167. The van der Waals surface area contributed by atoms with E-state index in [0.717, 1.165) is 27.1 Å². The fourth-order valence-electron chi connectivity index (χ4n) is 1.78. The first-order valence-corrected chi connectivity index (χ1v) is 6.83. The molecule has 0 radical (unpaired) electrons. The second-order valence-electron chi connectivity index (χ2n) is 3.89. The van der Waals surface area contributed by atoms with Crippen LogP contribution in [-0.4, -0.2) is 21.1 Å². The van der Waals surface area contributed by atoms with E-state index in [1.165, 1.54) is 0 Å². The highest BCUT2D eigenvalue weighted by molar-refractivity contribution is 7.15. The lowest BCUT2D eigenvalue weighted by molar-refractivity contribution is 0.848. The molecule has 0 aliphatic heterocycles. The summed E-state index contributed by atoms with van der Waals surface area (Å²) in [5.74, 6) is 0.791. The first kappa shape index (κ1) is 11.6. The van der Waals surface area contributed by atoms with Crippen molar-refractivity contribution in [3.63, 3.8) is 0 Å². The number of hydrogen-bond donors (Lipinski definition) is 1. The van der Waals surface area contributed by atoms with E-state index in [1.807, 2.05) is 34.2 Å². The summed E-state index contributed by atoms with van der Waals surface area (Å²) in [6.07, 6.45) is 0.703.